The van der Waals surface area contributed by atoms with Gasteiger partial charge in [-0.05, 0) is 18.9 Å². The highest BCUT2D eigenvalue weighted by Crippen LogP contribution is 2.23. The molecule has 1 aliphatic heterocycles. The highest BCUT2D eigenvalue weighted by molar-refractivity contribution is 5.96. The molecule has 6 nitrogen and oxygen atoms in total. The average Bonchev–Trinajstić information content (AvgIpc) is 3.22. The molecule has 0 bridgehead atoms. The summed E-state index contributed by atoms with van der Waals surface area (Å²) in [5, 5.41) is 7.21. The molecular formula is C19H24N4O2. The van der Waals surface area contributed by atoms with Crippen LogP contribution in [0, 0.1) is 5.92 Å². The van der Waals surface area contributed by atoms with Crippen molar-refractivity contribution < 1.29 is 9.59 Å². The quantitative estimate of drug-likeness (QED) is 0.879. The minimum absolute atomic E-state index is 0.0273. The first-order chi connectivity index (χ1) is 12.1. The Hall–Kier alpha value is -2.63. The standard InChI is InChI=1S/C19H24N4O2/c1-3-14(2)23-17(9-10-20-23)21-19(25)16-11-18(24)22(13-16)12-15-7-5-4-6-8-15/h4-10,14,16H,3,11-13H2,1-2H3,(H,21,25). The first-order valence-corrected chi connectivity index (χ1v) is 8.74. The lowest BCUT2D eigenvalue weighted by Gasteiger charge is -2.17. The van der Waals surface area contributed by atoms with Gasteiger partial charge in [-0.15, -0.1) is 0 Å². The third kappa shape index (κ3) is 3.90. The van der Waals surface area contributed by atoms with E-state index < -0.39 is 0 Å². The van der Waals surface area contributed by atoms with Crippen molar-refractivity contribution in [3.63, 3.8) is 0 Å². The molecule has 25 heavy (non-hydrogen) atoms. The molecule has 2 heterocycles. The molecule has 0 spiro atoms. The van der Waals surface area contributed by atoms with E-state index in [1.807, 2.05) is 35.0 Å². The van der Waals surface area contributed by atoms with Gasteiger partial charge >= 0.3 is 0 Å². The van der Waals surface area contributed by atoms with E-state index in [0.717, 1.165) is 12.0 Å². The lowest BCUT2D eigenvalue weighted by Crippen LogP contribution is -2.28. The van der Waals surface area contributed by atoms with Crippen LogP contribution in [0.5, 0.6) is 0 Å². The predicted molar refractivity (Wildman–Crippen MR) is 95.8 cm³/mol. The molecule has 6 heteroatoms. The lowest BCUT2D eigenvalue weighted by molar-refractivity contribution is -0.128. The second-order valence-electron chi connectivity index (χ2n) is 6.57. The molecule has 2 atom stereocenters. The normalized spacial score (nSPS) is 18.4. The fraction of sp³-hybridized carbons (Fsp3) is 0.421. The van der Waals surface area contributed by atoms with Crippen molar-refractivity contribution in [1.29, 1.82) is 0 Å². The minimum Gasteiger partial charge on any atom is -0.338 e. The van der Waals surface area contributed by atoms with Crippen LogP contribution in [-0.4, -0.2) is 33.0 Å². The van der Waals surface area contributed by atoms with Crippen LogP contribution < -0.4 is 5.32 Å². The number of carbonyl (C=O) groups excluding carboxylic acids is 2. The van der Waals surface area contributed by atoms with E-state index in [0.29, 0.717) is 18.9 Å². The fourth-order valence-electron chi connectivity index (χ4n) is 3.07. The van der Waals surface area contributed by atoms with Crippen LogP contribution in [0.4, 0.5) is 5.82 Å². The topological polar surface area (TPSA) is 67.2 Å². The molecule has 2 unspecified atom stereocenters. The van der Waals surface area contributed by atoms with Gasteiger partial charge in [-0.2, -0.15) is 5.10 Å². The summed E-state index contributed by atoms with van der Waals surface area (Å²) in [6.07, 6.45) is 2.87. The number of aromatic nitrogens is 2. The van der Waals surface area contributed by atoms with Crippen molar-refractivity contribution in [1.82, 2.24) is 14.7 Å². The van der Waals surface area contributed by atoms with Gasteiger partial charge in [0.1, 0.15) is 5.82 Å². The van der Waals surface area contributed by atoms with Crippen LogP contribution in [-0.2, 0) is 16.1 Å². The smallest absolute Gasteiger partial charge is 0.230 e. The second kappa shape index (κ2) is 7.51. The van der Waals surface area contributed by atoms with E-state index in [1.54, 1.807) is 17.2 Å². The van der Waals surface area contributed by atoms with Crippen molar-refractivity contribution in [2.75, 3.05) is 11.9 Å². The molecule has 0 radical (unpaired) electrons. The Labute approximate surface area is 147 Å². The van der Waals surface area contributed by atoms with Crippen LogP contribution in [0.3, 0.4) is 0 Å². The Bertz CT molecular complexity index is 741. The number of hydrogen-bond donors (Lipinski definition) is 1. The molecule has 1 saturated heterocycles. The van der Waals surface area contributed by atoms with Gasteiger partial charge in [-0.25, -0.2) is 4.68 Å². The Morgan fingerprint density at radius 3 is 2.80 bits per heavy atom. The van der Waals surface area contributed by atoms with Gasteiger partial charge in [-0.3, -0.25) is 9.59 Å². The molecule has 1 fully saturated rings. The molecule has 3 rings (SSSR count). The van der Waals surface area contributed by atoms with E-state index in [-0.39, 0.29) is 30.2 Å². The van der Waals surface area contributed by atoms with E-state index >= 15 is 0 Å². The van der Waals surface area contributed by atoms with Crippen LogP contribution in [0.1, 0.15) is 38.3 Å². The largest absolute Gasteiger partial charge is 0.338 e. The summed E-state index contributed by atoms with van der Waals surface area (Å²) in [6.45, 7) is 5.14. The molecule has 1 aliphatic rings. The number of nitrogens with one attached hydrogen (secondary N) is 1. The molecule has 0 aliphatic carbocycles. The van der Waals surface area contributed by atoms with Crippen molar-refractivity contribution in [3.05, 3.63) is 48.2 Å². The first-order valence-electron chi connectivity index (χ1n) is 8.74. The van der Waals surface area contributed by atoms with Crippen LogP contribution in [0.2, 0.25) is 0 Å². The summed E-state index contributed by atoms with van der Waals surface area (Å²) in [7, 11) is 0. The summed E-state index contributed by atoms with van der Waals surface area (Å²) >= 11 is 0. The molecule has 1 aromatic carbocycles. The summed E-state index contributed by atoms with van der Waals surface area (Å²) in [5.41, 5.74) is 1.08. The van der Waals surface area contributed by atoms with E-state index in [2.05, 4.69) is 24.3 Å². The van der Waals surface area contributed by atoms with Crippen molar-refractivity contribution in [3.8, 4) is 0 Å². The number of amides is 2. The third-order valence-corrected chi connectivity index (χ3v) is 4.73. The molecule has 2 amide bonds. The highest BCUT2D eigenvalue weighted by Gasteiger charge is 2.34. The van der Waals surface area contributed by atoms with Crippen molar-refractivity contribution >= 4 is 17.6 Å². The van der Waals surface area contributed by atoms with Gasteiger partial charge in [0.25, 0.3) is 0 Å². The molecule has 1 aromatic heterocycles. The van der Waals surface area contributed by atoms with Crippen molar-refractivity contribution in [2.24, 2.45) is 5.92 Å². The fourth-order valence-corrected chi connectivity index (χ4v) is 3.07. The molecular weight excluding hydrogens is 316 g/mol. The van der Waals surface area contributed by atoms with Crippen LogP contribution in [0.25, 0.3) is 0 Å². The zero-order chi connectivity index (χ0) is 17.8. The maximum Gasteiger partial charge on any atom is 0.230 e. The highest BCUT2D eigenvalue weighted by atomic mass is 16.2. The molecule has 1 N–H and O–H groups in total. The SMILES string of the molecule is CCC(C)n1nccc1NC(=O)C1CC(=O)N(Cc2ccccc2)C1. The number of likely N-dealkylation sites (tertiary alicyclic amines) is 1. The van der Waals surface area contributed by atoms with E-state index in [9.17, 15) is 9.59 Å². The molecule has 0 saturated carbocycles. The second-order valence-corrected chi connectivity index (χ2v) is 6.57. The average molecular weight is 340 g/mol. The summed E-state index contributed by atoms with van der Waals surface area (Å²) in [4.78, 5) is 26.6. The summed E-state index contributed by atoms with van der Waals surface area (Å²) < 4.78 is 1.82. The number of rotatable bonds is 6. The summed E-state index contributed by atoms with van der Waals surface area (Å²) in [5.74, 6) is 0.276. The third-order valence-electron chi connectivity index (χ3n) is 4.73. The van der Waals surface area contributed by atoms with Gasteiger partial charge < -0.3 is 10.2 Å². The number of benzene rings is 1. The molecule has 2 aromatic rings. The lowest BCUT2D eigenvalue weighted by atomic mass is 10.1. The zero-order valence-electron chi connectivity index (χ0n) is 14.7. The van der Waals surface area contributed by atoms with Crippen LogP contribution >= 0.6 is 0 Å². The Balaban J connectivity index is 1.62. The van der Waals surface area contributed by atoms with Gasteiger partial charge in [0, 0.05) is 25.6 Å². The predicted octanol–water partition coefficient (Wildman–Crippen LogP) is 2.84. The van der Waals surface area contributed by atoms with Crippen molar-refractivity contribution in [2.45, 2.75) is 39.3 Å². The maximum absolute atomic E-state index is 12.6. The van der Waals surface area contributed by atoms with E-state index in [4.69, 9.17) is 0 Å². The van der Waals surface area contributed by atoms with Gasteiger partial charge in [0.15, 0.2) is 0 Å². The molecule has 132 valence electrons. The summed E-state index contributed by atoms with van der Waals surface area (Å²) in [6, 6.07) is 11.8. The van der Waals surface area contributed by atoms with E-state index in [1.165, 1.54) is 0 Å². The minimum atomic E-state index is -0.323. The maximum atomic E-state index is 12.6. The Morgan fingerprint density at radius 1 is 1.32 bits per heavy atom. The van der Waals surface area contributed by atoms with Crippen LogP contribution in [0.15, 0.2) is 42.6 Å². The number of nitrogens with zero attached hydrogens (tertiary/aromatic N) is 3. The first kappa shape index (κ1) is 17.2. The number of hydrogen-bond acceptors (Lipinski definition) is 3. The van der Waals surface area contributed by atoms with Gasteiger partial charge in [0.05, 0.1) is 18.2 Å². The number of anilines is 1. The van der Waals surface area contributed by atoms with Gasteiger partial charge in [0.2, 0.25) is 11.8 Å². The monoisotopic (exact) mass is 340 g/mol. The van der Waals surface area contributed by atoms with Gasteiger partial charge in [-0.1, -0.05) is 37.3 Å². The Kier molecular flexibility index (Phi) is 5.16. The number of carbonyl (C=O) groups is 2. The Morgan fingerprint density at radius 2 is 2.08 bits per heavy atom. The zero-order valence-corrected chi connectivity index (χ0v) is 14.7.